The van der Waals surface area contributed by atoms with Gasteiger partial charge in [0.1, 0.15) is 18.2 Å². The monoisotopic (exact) mass is 704 g/mol. The van der Waals surface area contributed by atoms with Crippen LogP contribution in [0.1, 0.15) is 39.2 Å². The maximum atomic E-state index is 13.9. The van der Waals surface area contributed by atoms with Crippen LogP contribution in [0, 0.1) is 17.0 Å². The molecule has 16 heteroatoms. The highest BCUT2D eigenvalue weighted by atomic mass is 35.5. The molecule has 264 valence electrons. The van der Waals surface area contributed by atoms with E-state index in [0.717, 1.165) is 0 Å². The lowest BCUT2D eigenvalue weighted by Crippen LogP contribution is -2.60. The lowest BCUT2D eigenvalue weighted by molar-refractivity contribution is -0.139. The van der Waals surface area contributed by atoms with Gasteiger partial charge < -0.3 is 34.4 Å². The molecule has 4 rings (SSSR count). The van der Waals surface area contributed by atoms with Crippen LogP contribution in [-0.4, -0.2) is 94.5 Å². The number of benzene rings is 2. The number of hydrogen-bond acceptors (Lipinski definition) is 7. The fraction of sp³-hybridized carbons (Fsp3) is 0.424. The molecule has 0 aliphatic carbocycles. The molecular weight excluding hydrogens is 666 g/mol. The van der Waals surface area contributed by atoms with Crippen molar-refractivity contribution in [1.82, 2.24) is 25.2 Å². The van der Waals surface area contributed by atoms with Crippen molar-refractivity contribution in [3.8, 4) is 11.3 Å². The van der Waals surface area contributed by atoms with Crippen LogP contribution in [0.5, 0.6) is 0 Å². The number of aromatic nitrogens is 1. The Morgan fingerprint density at radius 3 is 2.57 bits per heavy atom. The third kappa shape index (κ3) is 9.81. The van der Waals surface area contributed by atoms with Crippen LogP contribution in [0.15, 0.2) is 53.1 Å². The van der Waals surface area contributed by atoms with Crippen LogP contribution in [0.25, 0.3) is 11.3 Å². The Labute approximate surface area is 287 Å². The molecule has 2 heterocycles. The molecule has 1 aliphatic rings. The number of nitrogens with one attached hydrogen (secondary N) is 2. The number of amides is 5. The van der Waals surface area contributed by atoms with Gasteiger partial charge in [-0.2, -0.15) is 0 Å². The molecule has 1 fully saturated rings. The van der Waals surface area contributed by atoms with Crippen molar-refractivity contribution in [3.05, 3.63) is 70.8 Å². The van der Waals surface area contributed by atoms with Crippen molar-refractivity contribution >= 4 is 41.5 Å². The number of halogens is 3. The lowest BCUT2D eigenvalue weighted by atomic mass is 9.84. The minimum atomic E-state index is -1.06. The van der Waals surface area contributed by atoms with E-state index in [4.69, 9.17) is 20.9 Å². The van der Waals surface area contributed by atoms with Gasteiger partial charge in [-0.3, -0.25) is 10.1 Å². The van der Waals surface area contributed by atoms with Gasteiger partial charge in [0.05, 0.1) is 17.1 Å². The van der Waals surface area contributed by atoms with Gasteiger partial charge in [-0.05, 0) is 35.6 Å². The minimum Gasteiger partial charge on any atom is -0.465 e. The van der Waals surface area contributed by atoms with Crippen LogP contribution >= 0.6 is 11.6 Å². The van der Waals surface area contributed by atoms with Crippen LogP contribution < -0.4 is 10.6 Å². The van der Waals surface area contributed by atoms with Gasteiger partial charge in [0, 0.05) is 51.3 Å². The fourth-order valence-corrected chi connectivity index (χ4v) is 5.58. The highest BCUT2D eigenvalue weighted by Gasteiger charge is 2.39. The van der Waals surface area contributed by atoms with Gasteiger partial charge in [-0.15, -0.1) is 0 Å². The third-order valence-electron chi connectivity index (χ3n) is 8.25. The average molecular weight is 705 g/mol. The topological polar surface area (TPSA) is 158 Å². The van der Waals surface area contributed by atoms with E-state index in [1.165, 1.54) is 53.2 Å². The molecule has 1 aromatic heterocycles. The molecule has 3 N–H and O–H groups in total. The number of likely N-dealkylation sites (N-methyl/N-ethyl adjacent to an activating group) is 1. The molecule has 3 aromatic rings. The van der Waals surface area contributed by atoms with E-state index in [9.17, 15) is 33.1 Å². The second-order valence-electron chi connectivity index (χ2n) is 12.7. The molecule has 0 radical (unpaired) electrons. The first-order valence-electron chi connectivity index (χ1n) is 15.5. The van der Waals surface area contributed by atoms with E-state index >= 15 is 0 Å². The summed E-state index contributed by atoms with van der Waals surface area (Å²) in [6, 6.07) is 9.45. The molecule has 1 aliphatic heterocycles. The Morgan fingerprint density at radius 1 is 1.14 bits per heavy atom. The summed E-state index contributed by atoms with van der Waals surface area (Å²) in [7, 11) is 1.46. The van der Waals surface area contributed by atoms with E-state index in [-0.39, 0.29) is 74.2 Å². The zero-order chi connectivity index (χ0) is 35.9. The number of ether oxygens (including phenoxy) is 1. The zero-order valence-corrected chi connectivity index (χ0v) is 28.3. The maximum absolute atomic E-state index is 13.9. The minimum absolute atomic E-state index is 0.00258. The molecular formula is C33H39ClF2N6O7. The first-order valence-corrected chi connectivity index (χ1v) is 15.9. The molecule has 1 saturated heterocycles. The van der Waals surface area contributed by atoms with E-state index in [1.807, 2.05) is 20.8 Å². The predicted molar refractivity (Wildman–Crippen MR) is 176 cm³/mol. The number of piperazine rings is 1. The smallest absolute Gasteiger partial charge is 0.412 e. The number of rotatable bonds is 10. The molecule has 13 nitrogen and oxygen atoms in total. The van der Waals surface area contributed by atoms with Gasteiger partial charge >= 0.3 is 18.2 Å². The summed E-state index contributed by atoms with van der Waals surface area (Å²) in [6.07, 6.45) is -1.93. The van der Waals surface area contributed by atoms with Crippen molar-refractivity contribution < 1.29 is 42.3 Å². The second-order valence-corrected chi connectivity index (χ2v) is 13.1. The predicted octanol–water partition coefficient (Wildman–Crippen LogP) is 6.05. The number of nitrogens with zero attached hydrogens (tertiary/aromatic N) is 4. The summed E-state index contributed by atoms with van der Waals surface area (Å²) in [5.74, 6) is -1.14. The van der Waals surface area contributed by atoms with Gasteiger partial charge in [0.15, 0.2) is 11.6 Å². The van der Waals surface area contributed by atoms with E-state index in [2.05, 4.69) is 15.8 Å². The Morgan fingerprint density at radius 2 is 1.88 bits per heavy atom. The molecule has 2 unspecified atom stereocenters. The van der Waals surface area contributed by atoms with E-state index < -0.39 is 41.3 Å². The fourth-order valence-electron chi connectivity index (χ4n) is 5.39. The number of urea groups is 1. The molecule has 2 aromatic carbocycles. The number of anilines is 1. The standard InChI is InChI=1S/C33H39ClF2N6O7/c1-33(2,3)26-18-41(32(46)47)13-14-42(26)28(43)12-11-23(40(4)30(44)37-17-21-8-6-10-24(36)29(21)34)19-48-31(45)38-27-16-25(49-39-27)20-7-5-9-22(35)15-20/h5-10,15-16,23,26H,11-14,17-19H2,1-4H3,(H,37,44)(H,46,47)(H,38,39,45). The quantitative estimate of drug-likeness (QED) is 0.230. The van der Waals surface area contributed by atoms with Crippen molar-refractivity contribution in [2.24, 2.45) is 5.41 Å². The molecule has 49 heavy (non-hydrogen) atoms. The van der Waals surface area contributed by atoms with Crippen molar-refractivity contribution in [3.63, 3.8) is 0 Å². The van der Waals surface area contributed by atoms with Crippen molar-refractivity contribution in [2.45, 2.75) is 52.2 Å². The molecule has 5 amide bonds. The zero-order valence-electron chi connectivity index (χ0n) is 27.5. The SMILES string of the molecule is CN(C(=O)NCc1cccc(F)c1Cl)C(CCC(=O)N1CCN(C(=O)O)CC1C(C)(C)C)COC(=O)Nc1cc(-c2cccc(F)c2)on1. The largest absolute Gasteiger partial charge is 0.465 e. The second kappa shape index (κ2) is 16.0. The van der Waals surface area contributed by atoms with Gasteiger partial charge in [0.25, 0.3) is 0 Å². The van der Waals surface area contributed by atoms with E-state index in [0.29, 0.717) is 11.1 Å². The van der Waals surface area contributed by atoms with E-state index in [1.54, 1.807) is 17.0 Å². The molecule has 2 atom stereocenters. The number of carboxylic acid groups (broad SMARTS) is 1. The Kier molecular flexibility index (Phi) is 12.0. The van der Waals surface area contributed by atoms with Crippen LogP contribution in [0.2, 0.25) is 5.02 Å². The van der Waals surface area contributed by atoms with Crippen LogP contribution in [0.4, 0.5) is 29.0 Å². The van der Waals surface area contributed by atoms with Gasteiger partial charge in [-0.1, -0.05) is 61.8 Å². The van der Waals surface area contributed by atoms with Crippen molar-refractivity contribution in [2.75, 3.05) is 38.6 Å². The lowest BCUT2D eigenvalue weighted by Gasteiger charge is -2.46. The summed E-state index contributed by atoms with van der Waals surface area (Å²) in [4.78, 5) is 55.4. The first-order chi connectivity index (χ1) is 23.1. The molecule has 0 spiro atoms. The molecule has 0 saturated carbocycles. The van der Waals surface area contributed by atoms with Crippen molar-refractivity contribution in [1.29, 1.82) is 0 Å². The normalized spacial score (nSPS) is 15.4. The first kappa shape index (κ1) is 36.9. The highest BCUT2D eigenvalue weighted by Crippen LogP contribution is 2.29. The van der Waals surface area contributed by atoms with Crippen LogP contribution in [0.3, 0.4) is 0 Å². The van der Waals surface area contributed by atoms with Crippen LogP contribution in [-0.2, 0) is 16.1 Å². The third-order valence-corrected chi connectivity index (χ3v) is 8.67. The Balaban J connectivity index is 1.43. The summed E-state index contributed by atoms with van der Waals surface area (Å²) in [5, 5.41) is 18.2. The Bertz CT molecular complexity index is 1670. The number of carbonyl (C=O) groups excluding carboxylic acids is 3. The average Bonchev–Trinajstić information content (AvgIpc) is 3.52. The summed E-state index contributed by atoms with van der Waals surface area (Å²) in [6.45, 7) is 5.89. The summed E-state index contributed by atoms with van der Waals surface area (Å²) >= 11 is 6.03. The van der Waals surface area contributed by atoms with Gasteiger partial charge in [0.2, 0.25) is 5.91 Å². The molecule has 0 bridgehead atoms. The summed E-state index contributed by atoms with van der Waals surface area (Å²) in [5.41, 5.74) is 0.336. The number of carbonyl (C=O) groups is 4. The summed E-state index contributed by atoms with van der Waals surface area (Å²) < 4.78 is 38.2. The van der Waals surface area contributed by atoms with Gasteiger partial charge in [-0.25, -0.2) is 23.2 Å². The highest BCUT2D eigenvalue weighted by molar-refractivity contribution is 6.31. The Hall–Kier alpha value is -4.92. The number of hydrogen-bond donors (Lipinski definition) is 3. The maximum Gasteiger partial charge on any atom is 0.412 e.